The summed E-state index contributed by atoms with van der Waals surface area (Å²) in [5.41, 5.74) is 1.93. The molecule has 0 fully saturated rings. The van der Waals surface area contributed by atoms with Gasteiger partial charge in [-0.1, -0.05) is 30.3 Å². The van der Waals surface area contributed by atoms with Crippen LogP contribution in [0.5, 0.6) is 0 Å². The summed E-state index contributed by atoms with van der Waals surface area (Å²) >= 11 is 0. The van der Waals surface area contributed by atoms with Crippen molar-refractivity contribution < 1.29 is 14.3 Å². The van der Waals surface area contributed by atoms with Gasteiger partial charge in [-0.2, -0.15) is 0 Å². The van der Waals surface area contributed by atoms with Gasteiger partial charge in [-0.25, -0.2) is 4.79 Å². The van der Waals surface area contributed by atoms with Crippen molar-refractivity contribution in [2.75, 3.05) is 0 Å². The molecule has 1 heterocycles. The third-order valence-corrected chi connectivity index (χ3v) is 3.17. The van der Waals surface area contributed by atoms with Crippen molar-refractivity contribution >= 4 is 5.97 Å². The first kappa shape index (κ1) is 14.3. The van der Waals surface area contributed by atoms with Gasteiger partial charge in [0.1, 0.15) is 5.76 Å². The molecule has 106 valence electrons. The smallest absolute Gasteiger partial charge is 0.372 e. The Labute approximate surface area is 118 Å². The molecule has 1 aromatic carbocycles. The molecule has 0 saturated heterocycles. The molecule has 20 heavy (non-hydrogen) atoms. The topological polar surface area (TPSA) is 62.5 Å². The number of furan rings is 1. The standard InChI is InChI=1S/C16H19NO3/c1-11-8-14(20-15(11)16(18)19)10-17-12(2)9-13-6-4-3-5-7-13/h3-8,12,17H,9-10H2,1-2H3,(H,18,19). The monoisotopic (exact) mass is 273 g/mol. The highest BCUT2D eigenvalue weighted by molar-refractivity contribution is 5.86. The minimum absolute atomic E-state index is 0.0255. The second kappa shape index (κ2) is 6.39. The normalized spacial score (nSPS) is 12.3. The number of carbonyl (C=O) groups is 1. The highest BCUT2D eigenvalue weighted by Crippen LogP contribution is 2.14. The minimum Gasteiger partial charge on any atom is -0.475 e. The molecule has 0 amide bonds. The van der Waals surface area contributed by atoms with Gasteiger partial charge in [0.2, 0.25) is 5.76 Å². The van der Waals surface area contributed by atoms with Crippen molar-refractivity contribution in [1.82, 2.24) is 5.32 Å². The van der Waals surface area contributed by atoms with Crippen LogP contribution in [0.4, 0.5) is 0 Å². The molecule has 0 saturated carbocycles. The number of aromatic carboxylic acids is 1. The van der Waals surface area contributed by atoms with Gasteiger partial charge >= 0.3 is 5.97 Å². The Bertz CT molecular complexity index is 575. The van der Waals surface area contributed by atoms with E-state index in [9.17, 15) is 4.79 Å². The maximum atomic E-state index is 10.9. The summed E-state index contributed by atoms with van der Waals surface area (Å²) in [4.78, 5) is 10.9. The number of benzene rings is 1. The highest BCUT2D eigenvalue weighted by Gasteiger charge is 2.14. The lowest BCUT2D eigenvalue weighted by atomic mass is 10.1. The summed E-state index contributed by atoms with van der Waals surface area (Å²) in [6, 6.07) is 12.3. The van der Waals surface area contributed by atoms with Crippen molar-refractivity contribution in [3.8, 4) is 0 Å². The van der Waals surface area contributed by atoms with Crippen LogP contribution in [0.15, 0.2) is 40.8 Å². The lowest BCUT2D eigenvalue weighted by molar-refractivity contribution is 0.0659. The summed E-state index contributed by atoms with van der Waals surface area (Å²) in [7, 11) is 0. The van der Waals surface area contributed by atoms with Crippen LogP contribution in [0.2, 0.25) is 0 Å². The number of hydrogen-bond acceptors (Lipinski definition) is 3. The number of rotatable bonds is 6. The van der Waals surface area contributed by atoms with E-state index in [-0.39, 0.29) is 11.8 Å². The first-order valence-electron chi connectivity index (χ1n) is 6.66. The second-order valence-corrected chi connectivity index (χ2v) is 5.00. The van der Waals surface area contributed by atoms with Crippen molar-refractivity contribution in [2.24, 2.45) is 0 Å². The number of aryl methyl sites for hydroxylation is 1. The molecule has 1 aromatic heterocycles. The van der Waals surface area contributed by atoms with Gasteiger partial charge in [0.25, 0.3) is 0 Å². The Hall–Kier alpha value is -2.07. The summed E-state index contributed by atoms with van der Waals surface area (Å²) in [5.74, 6) is -0.344. The average Bonchev–Trinajstić information content (AvgIpc) is 2.79. The van der Waals surface area contributed by atoms with Gasteiger partial charge in [0.05, 0.1) is 6.54 Å². The molecule has 0 bridgehead atoms. The largest absolute Gasteiger partial charge is 0.475 e. The zero-order valence-corrected chi connectivity index (χ0v) is 11.7. The molecule has 2 rings (SSSR count). The first-order valence-corrected chi connectivity index (χ1v) is 6.66. The average molecular weight is 273 g/mol. The maximum absolute atomic E-state index is 10.9. The summed E-state index contributed by atoms with van der Waals surface area (Å²) in [6.45, 7) is 4.37. The fourth-order valence-electron chi connectivity index (χ4n) is 2.16. The van der Waals surface area contributed by atoms with E-state index in [1.807, 2.05) is 18.2 Å². The van der Waals surface area contributed by atoms with Crippen molar-refractivity contribution in [3.05, 3.63) is 59.0 Å². The lowest BCUT2D eigenvalue weighted by Crippen LogP contribution is -2.27. The quantitative estimate of drug-likeness (QED) is 0.849. The van der Waals surface area contributed by atoms with Crippen molar-refractivity contribution in [2.45, 2.75) is 32.9 Å². The fraction of sp³-hybridized carbons (Fsp3) is 0.312. The van der Waals surface area contributed by atoms with Crippen LogP contribution in [0, 0.1) is 6.92 Å². The molecule has 4 nitrogen and oxygen atoms in total. The molecule has 4 heteroatoms. The third-order valence-electron chi connectivity index (χ3n) is 3.17. The predicted octanol–water partition coefficient (Wildman–Crippen LogP) is 3.01. The molecular weight excluding hydrogens is 254 g/mol. The van der Waals surface area contributed by atoms with Gasteiger partial charge in [0.15, 0.2) is 0 Å². The van der Waals surface area contributed by atoms with E-state index in [2.05, 4.69) is 24.4 Å². The lowest BCUT2D eigenvalue weighted by Gasteiger charge is -2.12. The minimum atomic E-state index is -1.02. The van der Waals surface area contributed by atoms with Crippen LogP contribution < -0.4 is 5.32 Å². The van der Waals surface area contributed by atoms with Crippen LogP contribution in [0.25, 0.3) is 0 Å². The van der Waals surface area contributed by atoms with Gasteiger partial charge in [-0.15, -0.1) is 0 Å². The van der Waals surface area contributed by atoms with Gasteiger partial charge in [0, 0.05) is 11.6 Å². The zero-order chi connectivity index (χ0) is 14.5. The summed E-state index contributed by atoms with van der Waals surface area (Å²) in [6.07, 6.45) is 0.923. The van der Waals surface area contributed by atoms with E-state index < -0.39 is 5.97 Å². The molecule has 0 spiro atoms. The van der Waals surface area contributed by atoms with Crippen LogP contribution in [0.3, 0.4) is 0 Å². The van der Waals surface area contributed by atoms with Crippen LogP contribution in [-0.4, -0.2) is 17.1 Å². The van der Waals surface area contributed by atoms with E-state index in [0.29, 0.717) is 17.9 Å². The zero-order valence-electron chi connectivity index (χ0n) is 11.7. The van der Waals surface area contributed by atoms with E-state index in [1.54, 1.807) is 13.0 Å². The summed E-state index contributed by atoms with van der Waals surface area (Å²) < 4.78 is 5.31. The molecule has 0 aliphatic heterocycles. The molecule has 2 N–H and O–H groups in total. The van der Waals surface area contributed by atoms with Crippen LogP contribution in [0.1, 0.15) is 34.4 Å². The Balaban J connectivity index is 1.89. The van der Waals surface area contributed by atoms with Crippen molar-refractivity contribution in [3.63, 3.8) is 0 Å². The number of hydrogen-bond donors (Lipinski definition) is 2. The number of nitrogens with one attached hydrogen (secondary N) is 1. The molecule has 1 unspecified atom stereocenters. The van der Waals surface area contributed by atoms with Crippen LogP contribution in [-0.2, 0) is 13.0 Å². The molecule has 1 atom stereocenters. The Morgan fingerprint density at radius 3 is 2.65 bits per heavy atom. The Morgan fingerprint density at radius 1 is 1.35 bits per heavy atom. The molecular formula is C16H19NO3. The van der Waals surface area contributed by atoms with Crippen LogP contribution >= 0.6 is 0 Å². The van der Waals surface area contributed by atoms with E-state index >= 15 is 0 Å². The fourth-order valence-corrected chi connectivity index (χ4v) is 2.16. The number of carboxylic acid groups (broad SMARTS) is 1. The van der Waals surface area contributed by atoms with Gasteiger partial charge < -0.3 is 14.8 Å². The predicted molar refractivity (Wildman–Crippen MR) is 76.9 cm³/mol. The maximum Gasteiger partial charge on any atom is 0.372 e. The second-order valence-electron chi connectivity index (χ2n) is 5.00. The summed E-state index contributed by atoms with van der Waals surface area (Å²) in [5, 5.41) is 12.3. The van der Waals surface area contributed by atoms with E-state index in [1.165, 1.54) is 5.56 Å². The first-order chi connectivity index (χ1) is 9.56. The SMILES string of the molecule is Cc1cc(CNC(C)Cc2ccccc2)oc1C(=O)O. The van der Waals surface area contributed by atoms with Gasteiger partial charge in [-0.3, -0.25) is 0 Å². The highest BCUT2D eigenvalue weighted by atomic mass is 16.4. The molecule has 2 aromatic rings. The Morgan fingerprint density at radius 2 is 2.05 bits per heavy atom. The van der Waals surface area contributed by atoms with E-state index in [4.69, 9.17) is 9.52 Å². The number of carboxylic acids is 1. The Kier molecular flexibility index (Phi) is 4.58. The van der Waals surface area contributed by atoms with Crippen molar-refractivity contribution in [1.29, 1.82) is 0 Å². The molecule has 0 radical (unpaired) electrons. The van der Waals surface area contributed by atoms with Gasteiger partial charge in [-0.05, 0) is 31.9 Å². The molecule has 0 aliphatic rings. The third kappa shape index (κ3) is 3.71. The molecule has 0 aliphatic carbocycles. The van der Waals surface area contributed by atoms with E-state index in [0.717, 1.165) is 6.42 Å².